The Labute approximate surface area is 208 Å². The fraction of sp³-hybridized carbons (Fsp3) is 0.360. The van der Waals surface area contributed by atoms with Gasteiger partial charge in [0.1, 0.15) is 5.82 Å². The summed E-state index contributed by atoms with van der Waals surface area (Å²) in [5, 5.41) is 27.3. The molecular formula is C25H29N9O2. The van der Waals surface area contributed by atoms with Gasteiger partial charge in [-0.3, -0.25) is 14.6 Å². The van der Waals surface area contributed by atoms with Crippen LogP contribution in [-0.4, -0.2) is 71.7 Å². The van der Waals surface area contributed by atoms with E-state index < -0.39 is 6.09 Å². The third-order valence-electron chi connectivity index (χ3n) is 6.25. The Bertz CT molecular complexity index is 1360. The van der Waals surface area contributed by atoms with E-state index in [0.29, 0.717) is 17.6 Å². The predicted octanol–water partition coefficient (Wildman–Crippen LogP) is 3.49. The molecule has 5 rings (SSSR count). The first-order valence-electron chi connectivity index (χ1n) is 12.0. The molecule has 0 bridgehead atoms. The fourth-order valence-electron chi connectivity index (χ4n) is 4.23. The van der Waals surface area contributed by atoms with E-state index in [1.165, 1.54) is 0 Å². The summed E-state index contributed by atoms with van der Waals surface area (Å²) in [5.41, 5.74) is 4.63. The number of nitrogens with one attached hydrogen (secondary N) is 2. The van der Waals surface area contributed by atoms with Gasteiger partial charge in [0.25, 0.3) is 0 Å². The molecule has 186 valence electrons. The van der Waals surface area contributed by atoms with Crippen molar-refractivity contribution in [3.8, 4) is 11.1 Å². The van der Waals surface area contributed by atoms with Gasteiger partial charge >= 0.3 is 6.09 Å². The third kappa shape index (κ3) is 5.57. The van der Waals surface area contributed by atoms with Crippen LogP contribution in [0.25, 0.3) is 22.2 Å². The molecule has 0 spiro atoms. The minimum atomic E-state index is -0.958. The van der Waals surface area contributed by atoms with Crippen LogP contribution >= 0.6 is 0 Å². The zero-order valence-corrected chi connectivity index (χ0v) is 20.3. The van der Waals surface area contributed by atoms with Gasteiger partial charge in [0, 0.05) is 49.7 Å². The number of aromatic nitrogens is 6. The van der Waals surface area contributed by atoms with Crippen molar-refractivity contribution in [2.45, 2.75) is 38.8 Å². The predicted molar refractivity (Wildman–Crippen MR) is 136 cm³/mol. The normalized spacial score (nSPS) is 14.2. The van der Waals surface area contributed by atoms with Crippen LogP contribution in [0.5, 0.6) is 0 Å². The van der Waals surface area contributed by atoms with Crippen LogP contribution < -0.4 is 10.6 Å². The molecule has 1 saturated heterocycles. The monoisotopic (exact) mass is 487 g/mol. The maximum atomic E-state index is 10.7. The van der Waals surface area contributed by atoms with E-state index in [-0.39, 0.29) is 6.04 Å². The standard InChI is InChI=1S/C25H29N9O2/c1-16(2)17-9-24(32-27-11-17)31-23-5-4-21-22(30-23)8-18(10-26-21)19-12-28-34(13-19)7-3-6-33-14-20(15-33)29-25(35)36/h4-5,8-13,16,20,29H,3,6-7,14-15H2,1-2H3,(H,35,36)(H,30,31,32). The van der Waals surface area contributed by atoms with Gasteiger partial charge < -0.3 is 15.7 Å². The van der Waals surface area contributed by atoms with Crippen molar-refractivity contribution in [3.05, 3.63) is 54.6 Å². The molecule has 0 aliphatic carbocycles. The lowest BCUT2D eigenvalue weighted by molar-refractivity contribution is 0.115. The molecule has 1 fully saturated rings. The average Bonchev–Trinajstić information content (AvgIpc) is 3.31. The molecule has 0 radical (unpaired) electrons. The number of fused-ring (bicyclic) bond motifs is 1. The number of anilines is 2. The van der Waals surface area contributed by atoms with Gasteiger partial charge in [0.15, 0.2) is 5.82 Å². The molecule has 4 aromatic rings. The highest BCUT2D eigenvalue weighted by Gasteiger charge is 2.27. The molecule has 0 aromatic carbocycles. The zero-order valence-electron chi connectivity index (χ0n) is 20.3. The molecular weight excluding hydrogens is 458 g/mol. The van der Waals surface area contributed by atoms with E-state index in [1.54, 1.807) is 6.20 Å². The Morgan fingerprint density at radius 3 is 2.75 bits per heavy atom. The van der Waals surface area contributed by atoms with Crippen molar-refractivity contribution < 1.29 is 9.90 Å². The maximum Gasteiger partial charge on any atom is 0.404 e. The lowest BCUT2D eigenvalue weighted by Crippen LogP contribution is -2.59. The number of hydrogen-bond donors (Lipinski definition) is 3. The molecule has 11 nitrogen and oxygen atoms in total. The number of pyridine rings is 2. The Kier molecular flexibility index (Phi) is 6.72. The molecule has 4 aromatic heterocycles. The van der Waals surface area contributed by atoms with Gasteiger partial charge in [-0.15, -0.1) is 5.10 Å². The minimum absolute atomic E-state index is 0.0432. The van der Waals surface area contributed by atoms with Gasteiger partial charge in [-0.25, -0.2) is 9.78 Å². The van der Waals surface area contributed by atoms with Crippen LogP contribution in [0, 0.1) is 0 Å². The molecule has 11 heteroatoms. The van der Waals surface area contributed by atoms with E-state index in [2.05, 4.69) is 49.7 Å². The third-order valence-corrected chi connectivity index (χ3v) is 6.25. The Morgan fingerprint density at radius 2 is 1.94 bits per heavy atom. The van der Waals surface area contributed by atoms with Crippen molar-refractivity contribution in [1.82, 2.24) is 40.2 Å². The molecule has 3 N–H and O–H groups in total. The van der Waals surface area contributed by atoms with Gasteiger partial charge in [-0.05, 0) is 42.2 Å². The Hall–Kier alpha value is -4.12. The summed E-state index contributed by atoms with van der Waals surface area (Å²) in [7, 11) is 0. The van der Waals surface area contributed by atoms with Crippen LogP contribution in [0.1, 0.15) is 31.7 Å². The number of carboxylic acid groups (broad SMARTS) is 1. The molecule has 0 saturated carbocycles. The van der Waals surface area contributed by atoms with Crippen LogP contribution in [0.4, 0.5) is 16.4 Å². The highest BCUT2D eigenvalue weighted by Crippen LogP contribution is 2.24. The smallest absolute Gasteiger partial charge is 0.404 e. The van der Waals surface area contributed by atoms with E-state index >= 15 is 0 Å². The SMILES string of the molecule is CC(C)c1cnnc(Nc2ccc3ncc(-c4cnn(CCCN5CC(NC(=O)O)C5)c4)cc3n2)c1. The number of hydrogen-bond acceptors (Lipinski definition) is 8. The first kappa shape index (κ1) is 23.6. The summed E-state index contributed by atoms with van der Waals surface area (Å²) < 4.78 is 1.93. The molecule has 36 heavy (non-hydrogen) atoms. The van der Waals surface area contributed by atoms with Crippen LogP contribution in [0.15, 0.2) is 49.1 Å². The summed E-state index contributed by atoms with van der Waals surface area (Å²) in [6.07, 6.45) is 7.46. The first-order valence-corrected chi connectivity index (χ1v) is 12.0. The Morgan fingerprint density at radius 1 is 1.08 bits per heavy atom. The summed E-state index contributed by atoms with van der Waals surface area (Å²) in [6.45, 7) is 7.46. The van der Waals surface area contributed by atoms with Crippen LogP contribution in [0.2, 0.25) is 0 Å². The number of aryl methyl sites for hydroxylation is 1. The zero-order chi connectivity index (χ0) is 25.1. The van der Waals surface area contributed by atoms with Gasteiger partial charge in [-0.2, -0.15) is 10.2 Å². The number of likely N-dealkylation sites (tertiary alicyclic amines) is 1. The van der Waals surface area contributed by atoms with E-state index in [0.717, 1.165) is 60.3 Å². The molecule has 1 amide bonds. The lowest BCUT2D eigenvalue weighted by Gasteiger charge is -2.38. The van der Waals surface area contributed by atoms with Crippen molar-refractivity contribution in [1.29, 1.82) is 0 Å². The van der Waals surface area contributed by atoms with Gasteiger partial charge in [-0.1, -0.05) is 13.8 Å². The number of amides is 1. The minimum Gasteiger partial charge on any atom is -0.465 e. The number of carbonyl (C=O) groups is 1. The van der Waals surface area contributed by atoms with Crippen molar-refractivity contribution in [2.75, 3.05) is 25.0 Å². The van der Waals surface area contributed by atoms with Crippen molar-refractivity contribution in [2.24, 2.45) is 0 Å². The second kappa shape index (κ2) is 10.2. The summed E-state index contributed by atoms with van der Waals surface area (Å²) in [6, 6.07) is 7.86. The van der Waals surface area contributed by atoms with Crippen molar-refractivity contribution >= 4 is 28.8 Å². The summed E-state index contributed by atoms with van der Waals surface area (Å²) >= 11 is 0. The summed E-state index contributed by atoms with van der Waals surface area (Å²) in [5.74, 6) is 1.70. The van der Waals surface area contributed by atoms with E-state index in [9.17, 15) is 4.79 Å². The second-order valence-corrected chi connectivity index (χ2v) is 9.36. The number of nitrogens with zero attached hydrogens (tertiary/aromatic N) is 7. The Balaban J connectivity index is 1.21. The van der Waals surface area contributed by atoms with Crippen LogP contribution in [0.3, 0.4) is 0 Å². The quantitative estimate of drug-likeness (QED) is 0.324. The molecule has 0 unspecified atom stereocenters. The van der Waals surface area contributed by atoms with E-state index in [1.807, 2.05) is 47.5 Å². The molecule has 5 heterocycles. The average molecular weight is 488 g/mol. The highest BCUT2D eigenvalue weighted by atomic mass is 16.4. The number of rotatable bonds is 9. The van der Waals surface area contributed by atoms with Crippen LogP contribution in [-0.2, 0) is 6.54 Å². The first-order chi connectivity index (χ1) is 17.4. The van der Waals surface area contributed by atoms with Gasteiger partial charge in [0.05, 0.1) is 29.5 Å². The van der Waals surface area contributed by atoms with Gasteiger partial charge in [0.2, 0.25) is 0 Å². The van der Waals surface area contributed by atoms with Crippen molar-refractivity contribution in [3.63, 3.8) is 0 Å². The molecule has 0 atom stereocenters. The van der Waals surface area contributed by atoms with E-state index in [4.69, 9.17) is 10.1 Å². The summed E-state index contributed by atoms with van der Waals surface area (Å²) in [4.78, 5) is 22.2. The molecule has 1 aliphatic heterocycles. The fourth-order valence-corrected chi connectivity index (χ4v) is 4.23. The topological polar surface area (TPSA) is 134 Å². The molecule has 1 aliphatic rings. The highest BCUT2D eigenvalue weighted by molar-refractivity contribution is 5.81. The lowest BCUT2D eigenvalue weighted by atomic mass is 10.1. The largest absolute Gasteiger partial charge is 0.465 e. The maximum absolute atomic E-state index is 10.7. The second-order valence-electron chi connectivity index (χ2n) is 9.36.